The van der Waals surface area contributed by atoms with Gasteiger partial charge in [-0.3, -0.25) is 4.79 Å². The first kappa shape index (κ1) is 12.0. The van der Waals surface area contributed by atoms with Gasteiger partial charge in [-0.2, -0.15) is 0 Å². The van der Waals surface area contributed by atoms with Gasteiger partial charge < -0.3 is 14.8 Å². The number of carbonyl (C=O) groups excluding carboxylic acids is 1. The lowest BCUT2D eigenvalue weighted by atomic mass is 10.1. The number of aromatic nitrogens is 1. The van der Waals surface area contributed by atoms with Crippen molar-refractivity contribution in [2.45, 2.75) is 12.5 Å². The molecule has 0 saturated carbocycles. The Morgan fingerprint density at radius 1 is 1.71 bits per heavy atom. The number of carbonyl (C=O) groups is 1. The molecule has 1 unspecified atom stereocenters. The number of nitrogens with one attached hydrogen (secondary N) is 1. The van der Waals surface area contributed by atoms with Crippen LogP contribution in [0.15, 0.2) is 18.3 Å². The second-order valence-electron chi connectivity index (χ2n) is 3.88. The molecule has 1 N–H and O–H groups in total. The van der Waals surface area contributed by atoms with Gasteiger partial charge in [-0.25, -0.2) is 4.98 Å². The molecule has 1 aliphatic heterocycles. The van der Waals surface area contributed by atoms with Crippen LogP contribution in [-0.2, 0) is 4.74 Å². The Morgan fingerprint density at radius 3 is 3.29 bits per heavy atom. The molecule has 92 valence electrons. The predicted molar refractivity (Wildman–Crippen MR) is 62.3 cm³/mol. The van der Waals surface area contributed by atoms with E-state index in [1.54, 1.807) is 18.3 Å². The molecule has 0 radical (unpaired) electrons. The molecule has 1 aromatic rings. The Morgan fingerprint density at radius 2 is 2.59 bits per heavy atom. The Hall–Kier alpha value is -1.46. The van der Waals surface area contributed by atoms with E-state index in [0.717, 1.165) is 6.54 Å². The highest BCUT2D eigenvalue weighted by Crippen LogP contribution is 2.17. The van der Waals surface area contributed by atoms with E-state index in [4.69, 9.17) is 9.47 Å². The zero-order chi connectivity index (χ0) is 12.1. The highest BCUT2D eigenvalue weighted by molar-refractivity contribution is 5.97. The Kier molecular flexibility index (Phi) is 4.06. The standard InChI is InChI=1S/C12H16N2O3/c1-16-11-3-2-4-14-12(11)10(15)7-9-8-13-5-6-17-9/h2-4,9,13H,5-8H2,1H3. The maximum absolute atomic E-state index is 12.0. The van der Waals surface area contributed by atoms with Crippen molar-refractivity contribution >= 4 is 5.78 Å². The molecule has 2 heterocycles. The molecule has 1 fully saturated rings. The van der Waals surface area contributed by atoms with Crippen LogP contribution in [0, 0.1) is 0 Å². The molecule has 17 heavy (non-hydrogen) atoms. The van der Waals surface area contributed by atoms with Crippen molar-refractivity contribution < 1.29 is 14.3 Å². The molecule has 0 bridgehead atoms. The molecule has 5 nitrogen and oxygen atoms in total. The number of Topliss-reactive ketones (excluding diaryl/α,β-unsaturated/α-hetero) is 1. The lowest BCUT2D eigenvalue weighted by Crippen LogP contribution is -2.39. The summed E-state index contributed by atoms with van der Waals surface area (Å²) in [6.45, 7) is 2.20. The first-order chi connectivity index (χ1) is 8.31. The van der Waals surface area contributed by atoms with Crippen LogP contribution in [0.25, 0.3) is 0 Å². The van der Waals surface area contributed by atoms with Crippen molar-refractivity contribution in [1.29, 1.82) is 0 Å². The quantitative estimate of drug-likeness (QED) is 0.778. The maximum atomic E-state index is 12.0. The van der Waals surface area contributed by atoms with Crippen LogP contribution in [0.2, 0.25) is 0 Å². The number of morpholine rings is 1. The molecule has 1 aliphatic rings. The predicted octanol–water partition coefficient (Wildman–Crippen LogP) is 0.651. The largest absolute Gasteiger partial charge is 0.494 e. The molecule has 2 rings (SSSR count). The Balaban J connectivity index is 2.03. The van der Waals surface area contributed by atoms with E-state index >= 15 is 0 Å². The Labute approximate surface area is 100 Å². The number of rotatable bonds is 4. The summed E-state index contributed by atoms with van der Waals surface area (Å²) in [5, 5.41) is 3.19. The summed E-state index contributed by atoms with van der Waals surface area (Å²) in [7, 11) is 1.53. The highest BCUT2D eigenvalue weighted by Gasteiger charge is 2.21. The summed E-state index contributed by atoms with van der Waals surface area (Å²) in [4.78, 5) is 16.1. The van der Waals surface area contributed by atoms with E-state index in [1.807, 2.05) is 0 Å². The molecule has 0 spiro atoms. The third-order valence-electron chi connectivity index (χ3n) is 2.67. The minimum atomic E-state index is -0.0667. The van der Waals surface area contributed by atoms with Gasteiger partial charge in [0.25, 0.3) is 0 Å². The van der Waals surface area contributed by atoms with Gasteiger partial charge in [0, 0.05) is 25.7 Å². The summed E-state index contributed by atoms with van der Waals surface area (Å²) in [6.07, 6.45) is 1.86. The first-order valence-corrected chi connectivity index (χ1v) is 5.66. The molecule has 0 aliphatic carbocycles. The van der Waals surface area contributed by atoms with Crippen LogP contribution in [0.3, 0.4) is 0 Å². The molecule has 1 atom stereocenters. The van der Waals surface area contributed by atoms with Gasteiger partial charge in [0.2, 0.25) is 0 Å². The summed E-state index contributed by atoms with van der Waals surface area (Å²) < 4.78 is 10.6. The third kappa shape index (κ3) is 3.01. The lowest BCUT2D eigenvalue weighted by molar-refractivity contribution is 0.0238. The van der Waals surface area contributed by atoms with Crippen molar-refractivity contribution in [2.24, 2.45) is 0 Å². The van der Waals surface area contributed by atoms with Gasteiger partial charge >= 0.3 is 0 Å². The molecule has 0 aromatic carbocycles. The number of ether oxygens (including phenoxy) is 2. The number of ketones is 1. The van der Waals surface area contributed by atoms with Crippen LogP contribution >= 0.6 is 0 Å². The minimum Gasteiger partial charge on any atom is -0.494 e. The van der Waals surface area contributed by atoms with Crippen LogP contribution in [-0.4, -0.2) is 43.7 Å². The van der Waals surface area contributed by atoms with Gasteiger partial charge in [0.1, 0.15) is 11.4 Å². The van der Waals surface area contributed by atoms with Crippen LogP contribution in [0.1, 0.15) is 16.9 Å². The van der Waals surface area contributed by atoms with Crippen molar-refractivity contribution in [1.82, 2.24) is 10.3 Å². The summed E-state index contributed by atoms with van der Waals surface area (Å²) in [5.74, 6) is 0.470. The summed E-state index contributed by atoms with van der Waals surface area (Å²) >= 11 is 0. The third-order valence-corrected chi connectivity index (χ3v) is 2.67. The molecular formula is C12H16N2O3. The topological polar surface area (TPSA) is 60.5 Å². The Bertz CT molecular complexity index is 389. The fraction of sp³-hybridized carbons (Fsp3) is 0.500. The zero-order valence-corrected chi connectivity index (χ0v) is 9.81. The number of hydrogen-bond acceptors (Lipinski definition) is 5. The van der Waals surface area contributed by atoms with Crippen LogP contribution in [0.5, 0.6) is 5.75 Å². The molecular weight excluding hydrogens is 220 g/mol. The van der Waals surface area contributed by atoms with Crippen molar-refractivity contribution in [3.05, 3.63) is 24.0 Å². The van der Waals surface area contributed by atoms with Gasteiger partial charge in [0.15, 0.2) is 5.78 Å². The number of methoxy groups -OCH3 is 1. The highest BCUT2D eigenvalue weighted by atomic mass is 16.5. The second-order valence-corrected chi connectivity index (χ2v) is 3.88. The number of hydrogen-bond donors (Lipinski definition) is 1. The molecule has 1 saturated heterocycles. The average Bonchev–Trinajstić information content (AvgIpc) is 2.40. The van der Waals surface area contributed by atoms with Gasteiger partial charge in [0.05, 0.1) is 19.8 Å². The van der Waals surface area contributed by atoms with Gasteiger partial charge in [-0.05, 0) is 12.1 Å². The van der Waals surface area contributed by atoms with E-state index in [-0.39, 0.29) is 11.9 Å². The maximum Gasteiger partial charge on any atom is 0.187 e. The molecule has 5 heteroatoms. The SMILES string of the molecule is COc1cccnc1C(=O)CC1CNCCO1. The smallest absolute Gasteiger partial charge is 0.187 e. The normalized spacial score (nSPS) is 19.9. The van der Waals surface area contributed by atoms with Crippen molar-refractivity contribution in [2.75, 3.05) is 26.8 Å². The van der Waals surface area contributed by atoms with E-state index in [9.17, 15) is 4.79 Å². The van der Waals surface area contributed by atoms with E-state index in [0.29, 0.717) is 31.0 Å². The fourth-order valence-electron chi connectivity index (χ4n) is 1.82. The average molecular weight is 236 g/mol. The second kappa shape index (κ2) is 5.75. The number of nitrogens with zero attached hydrogens (tertiary/aromatic N) is 1. The van der Waals surface area contributed by atoms with Crippen molar-refractivity contribution in [3.63, 3.8) is 0 Å². The monoisotopic (exact) mass is 236 g/mol. The molecule has 1 aromatic heterocycles. The van der Waals surface area contributed by atoms with Crippen LogP contribution < -0.4 is 10.1 Å². The number of pyridine rings is 1. The van der Waals surface area contributed by atoms with Crippen LogP contribution in [0.4, 0.5) is 0 Å². The van der Waals surface area contributed by atoms with Gasteiger partial charge in [-0.1, -0.05) is 0 Å². The van der Waals surface area contributed by atoms with Crippen molar-refractivity contribution in [3.8, 4) is 5.75 Å². The zero-order valence-electron chi connectivity index (χ0n) is 9.81. The lowest BCUT2D eigenvalue weighted by Gasteiger charge is -2.22. The minimum absolute atomic E-state index is 0.0452. The van der Waals surface area contributed by atoms with E-state index < -0.39 is 0 Å². The summed E-state index contributed by atoms with van der Waals surface area (Å²) in [6, 6.07) is 3.48. The first-order valence-electron chi connectivity index (χ1n) is 5.66. The fourth-order valence-corrected chi connectivity index (χ4v) is 1.82. The van der Waals surface area contributed by atoms with E-state index in [1.165, 1.54) is 7.11 Å². The summed E-state index contributed by atoms with van der Waals surface area (Å²) in [5.41, 5.74) is 0.379. The van der Waals surface area contributed by atoms with E-state index in [2.05, 4.69) is 10.3 Å². The van der Waals surface area contributed by atoms with Gasteiger partial charge in [-0.15, -0.1) is 0 Å². The molecule has 0 amide bonds.